The van der Waals surface area contributed by atoms with Crippen molar-refractivity contribution < 1.29 is 9.18 Å². The highest BCUT2D eigenvalue weighted by molar-refractivity contribution is 5.95. The second kappa shape index (κ2) is 6.28. The largest absolute Gasteiger partial charge is 0.350 e. The van der Waals surface area contributed by atoms with E-state index >= 15 is 0 Å². The summed E-state index contributed by atoms with van der Waals surface area (Å²) in [6.45, 7) is 3.94. The number of rotatable bonds is 4. The van der Waals surface area contributed by atoms with Crippen molar-refractivity contribution in [3.63, 3.8) is 0 Å². The number of carbonyl (C=O) groups is 1. The van der Waals surface area contributed by atoms with Crippen LogP contribution < -0.4 is 5.32 Å². The Labute approximate surface area is 117 Å². The molecule has 4 heteroatoms. The van der Waals surface area contributed by atoms with Crippen LogP contribution in [0.5, 0.6) is 0 Å². The second-order valence-electron chi connectivity index (χ2n) is 4.72. The van der Waals surface area contributed by atoms with E-state index in [1.54, 1.807) is 30.5 Å². The van der Waals surface area contributed by atoms with Crippen LogP contribution in [-0.2, 0) is 0 Å². The van der Waals surface area contributed by atoms with Gasteiger partial charge in [-0.05, 0) is 25.5 Å². The zero-order valence-electron chi connectivity index (χ0n) is 11.6. The first-order valence-corrected chi connectivity index (χ1v) is 6.62. The Hall–Kier alpha value is -2.23. The monoisotopic (exact) mass is 272 g/mol. The summed E-state index contributed by atoms with van der Waals surface area (Å²) < 4.78 is 13.7. The molecule has 0 aliphatic heterocycles. The van der Waals surface area contributed by atoms with Crippen LogP contribution in [0.3, 0.4) is 0 Å². The number of amides is 1. The molecule has 1 N–H and O–H groups in total. The van der Waals surface area contributed by atoms with Crippen LogP contribution in [0.15, 0.2) is 42.7 Å². The number of nitrogens with one attached hydrogen (secondary N) is 1. The summed E-state index contributed by atoms with van der Waals surface area (Å²) in [6, 6.07) is 8.20. The van der Waals surface area contributed by atoms with Crippen LogP contribution in [0.2, 0.25) is 0 Å². The van der Waals surface area contributed by atoms with Gasteiger partial charge < -0.3 is 5.32 Å². The first kappa shape index (κ1) is 14.2. The number of hydrogen-bond acceptors (Lipinski definition) is 2. The molecule has 104 valence electrons. The predicted molar refractivity (Wildman–Crippen MR) is 76.9 cm³/mol. The number of benzene rings is 1. The number of hydrogen-bond donors (Lipinski definition) is 1. The van der Waals surface area contributed by atoms with Gasteiger partial charge in [0.05, 0.1) is 5.56 Å². The first-order chi connectivity index (χ1) is 9.61. The summed E-state index contributed by atoms with van der Waals surface area (Å²) in [6.07, 6.45) is 3.90. The van der Waals surface area contributed by atoms with E-state index < -0.39 is 0 Å². The summed E-state index contributed by atoms with van der Waals surface area (Å²) in [5.74, 6) is -0.515. The number of nitrogens with zero attached hydrogens (tertiary/aromatic N) is 1. The molecule has 0 saturated carbocycles. The lowest BCUT2D eigenvalue weighted by atomic mass is 10.1. The molecule has 0 bridgehead atoms. The van der Waals surface area contributed by atoms with Gasteiger partial charge in [0.15, 0.2) is 0 Å². The Morgan fingerprint density at radius 1 is 1.35 bits per heavy atom. The minimum absolute atomic E-state index is 0.0969. The van der Waals surface area contributed by atoms with Gasteiger partial charge in [0.1, 0.15) is 5.82 Å². The van der Waals surface area contributed by atoms with E-state index in [0.29, 0.717) is 16.7 Å². The quantitative estimate of drug-likeness (QED) is 0.926. The van der Waals surface area contributed by atoms with Crippen molar-refractivity contribution in [3.05, 3.63) is 54.1 Å². The third-order valence-corrected chi connectivity index (χ3v) is 3.18. The van der Waals surface area contributed by atoms with Crippen molar-refractivity contribution in [1.82, 2.24) is 10.3 Å². The van der Waals surface area contributed by atoms with Crippen molar-refractivity contribution in [2.24, 2.45) is 0 Å². The van der Waals surface area contributed by atoms with Gasteiger partial charge in [0.25, 0.3) is 5.91 Å². The lowest BCUT2D eigenvalue weighted by Gasteiger charge is -2.11. The molecule has 2 rings (SSSR count). The molecular formula is C16H17FN2O. The molecule has 0 aliphatic carbocycles. The topological polar surface area (TPSA) is 42.0 Å². The molecule has 0 radical (unpaired) electrons. The summed E-state index contributed by atoms with van der Waals surface area (Å²) >= 11 is 0. The van der Waals surface area contributed by atoms with Gasteiger partial charge in [-0.1, -0.05) is 25.1 Å². The fourth-order valence-corrected chi connectivity index (χ4v) is 1.82. The van der Waals surface area contributed by atoms with Crippen LogP contribution in [-0.4, -0.2) is 16.9 Å². The van der Waals surface area contributed by atoms with Crippen molar-refractivity contribution in [2.75, 3.05) is 0 Å². The SMILES string of the molecule is CCC(C)NC(=O)c1cncc(-c2ccccc2F)c1. The molecule has 1 amide bonds. The van der Waals surface area contributed by atoms with E-state index in [1.807, 2.05) is 13.8 Å². The lowest BCUT2D eigenvalue weighted by molar-refractivity contribution is 0.0939. The molecule has 1 atom stereocenters. The number of aromatic nitrogens is 1. The van der Waals surface area contributed by atoms with Crippen LogP contribution in [0, 0.1) is 5.82 Å². The fraction of sp³-hybridized carbons (Fsp3) is 0.250. The van der Waals surface area contributed by atoms with Crippen molar-refractivity contribution in [1.29, 1.82) is 0 Å². The van der Waals surface area contributed by atoms with Crippen LogP contribution in [0.4, 0.5) is 4.39 Å². The molecule has 20 heavy (non-hydrogen) atoms. The normalized spacial score (nSPS) is 11.9. The highest BCUT2D eigenvalue weighted by Crippen LogP contribution is 2.22. The molecular weight excluding hydrogens is 255 g/mol. The first-order valence-electron chi connectivity index (χ1n) is 6.62. The highest BCUT2D eigenvalue weighted by atomic mass is 19.1. The van der Waals surface area contributed by atoms with Gasteiger partial charge in [-0.15, -0.1) is 0 Å². The maximum absolute atomic E-state index is 13.7. The number of halogens is 1. The molecule has 1 unspecified atom stereocenters. The van der Waals surface area contributed by atoms with E-state index in [4.69, 9.17) is 0 Å². The summed E-state index contributed by atoms with van der Waals surface area (Å²) in [7, 11) is 0. The van der Waals surface area contributed by atoms with E-state index in [1.165, 1.54) is 12.3 Å². The molecule has 1 aromatic heterocycles. The lowest BCUT2D eigenvalue weighted by Crippen LogP contribution is -2.31. The van der Waals surface area contributed by atoms with Gasteiger partial charge in [0.2, 0.25) is 0 Å². The average Bonchev–Trinajstić information content (AvgIpc) is 2.47. The molecule has 0 fully saturated rings. The Kier molecular flexibility index (Phi) is 4.45. The standard InChI is InChI=1S/C16H17FN2O/c1-3-11(2)19-16(20)13-8-12(9-18-10-13)14-6-4-5-7-15(14)17/h4-11H,3H2,1-2H3,(H,19,20). The van der Waals surface area contributed by atoms with E-state index in [2.05, 4.69) is 10.3 Å². The molecule has 0 aliphatic rings. The molecule has 2 aromatic rings. The maximum Gasteiger partial charge on any atom is 0.253 e. The van der Waals surface area contributed by atoms with Crippen LogP contribution in [0.1, 0.15) is 30.6 Å². The smallest absolute Gasteiger partial charge is 0.253 e. The maximum atomic E-state index is 13.7. The minimum atomic E-state index is -0.325. The zero-order chi connectivity index (χ0) is 14.5. The van der Waals surface area contributed by atoms with Gasteiger partial charge in [-0.2, -0.15) is 0 Å². The van der Waals surface area contributed by atoms with Crippen LogP contribution >= 0.6 is 0 Å². The molecule has 1 heterocycles. The van der Waals surface area contributed by atoms with E-state index in [9.17, 15) is 9.18 Å². The third kappa shape index (κ3) is 3.20. The Balaban J connectivity index is 2.29. The van der Waals surface area contributed by atoms with Gasteiger partial charge in [0, 0.05) is 29.6 Å². The summed E-state index contributed by atoms with van der Waals surface area (Å²) in [4.78, 5) is 16.1. The van der Waals surface area contributed by atoms with Crippen molar-refractivity contribution in [2.45, 2.75) is 26.3 Å². The molecule has 1 aromatic carbocycles. The Morgan fingerprint density at radius 2 is 2.10 bits per heavy atom. The van der Waals surface area contributed by atoms with Crippen molar-refractivity contribution in [3.8, 4) is 11.1 Å². The van der Waals surface area contributed by atoms with Gasteiger partial charge >= 0.3 is 0 Å². The number of pyridine rings is 1. The van der Waals surface area contributed by atoms with E-state index in [-0.39, 0.29) is 17.8 Å². The van der Waals surface area contributed by atoms with Gasteiger partial charge in [-0.25, -0.2) is 4.39 Å². The van der Waals surface area contributed by atoms with Crippen molar-refractivity contribution >= 4 is 5.91 Å². The highest BCUT2D eigenvalue weighted by Gasteiger charge is 2.11. The Bertz CT molecular complexity index is 613. The minimum Gasteiger partial charge on any atom is -0.350 e. The predicted octanol–water partition coefficient (Wildman–Crippen LogP) is 3.42. The molecule has 3 nitrogen and oxygen atoms in total. The van der Waals surface area contributed by atoms with E-state index in [0.717, 1.165) is 6.42 Å². The average molecular weight is 272 g/mol. The fourth-order valence-electron chi connectivity index (χ4n) is 1.82. The third-order valence-electron chi connectivity index (χ3n) is 3.18. The van der Waals surface area contributed by atoms with Crippen LogP contribution in [0.25, 0.3) is 11.1 Å². The number of carbonyl (C=O) groups excluding carboxylic acids is 1. The summed E-state index contributed by atoms with van der Waals surface area (Å²) in [5.41, 5.74) is 1.48. The zero-order valence-corrected chi connectivity index (χ0v) is 11.6. The van der Waals surface area contributed by atoms with Gasteiger partial charge in [-0.3, -0.25) is 9.78 Å². The Morgan fingerprint density at radius 3 is 2.80 bits per heavy atom. The molecule has 0 spiro atoms. The summed E-state index contributed by atoms with van der Waals surface area (Å²) in [5, 5.41) is 2.87. The second-order valence-corrected chi connectivity index (χ2v) is 4.72. The molecule has 0 saturated heterocycles.